The van der Waals surface area contributed by atoms with Crippen molar-refractivity contribution in [2.45, 2.75) is 0 Å². The first kappa shape index (κ1) is 23.8. The van der Waals surface area contributed by atoms with Gasteiger partial charge in [0.2, 0.25) is 0 Å². The topological polar surface area (TPSA) is 20.7 Å². The van der Waals surface area contributed by atoms with Gasteiger partial charge in [0.25, 0.3) is 0 Å². The SMILES string of the molecule is c1ccc2c(c1)cc(-n1c3ccccc3c3cc4c(cc31)sc1c3[nH]c5ccccc5c3c3ccccc3c41)c1ccccc12. The van der Waals surface area contributed by atoms with Crippen LogP contribution in [0, 0.1) is 0 Å². The zero-order valence-electron chi connectivity index (χ0n) is 24.1. The average Bonchev–Trinajstić information content (AvgIpc) is 3.77. The fraction of sp³-hybridized carbons (Fsp3) is 0. The lowest BCUT2D eigenvalue weighted by atomic mass is 9.98. The summed E-state index contributed by atoms with van der Waals surface area (Å²) in [4.78, 5) is 3.82. The van der Waals surface area contributed by atoms with Gasteiger partial charge in [0.1, 0.15) is 0 Å². The summed E-state index contributed by atoms with van der Waals surface area (Å²) in [5.74, 6) is 0. The summed E-state index contributed by atoms with van der Waals surface area (Å²) in [7, 11) is 0. The second-order valence-corrected chi connectivity index (χ2v) is 13.2. The summed E-state index contributed by atoms with van der Waals surface area (Å²) in [6.07, 6.45) is 0. The van der Waals surface area contributed by atoms with Crippen molar-refractivity contribution in [3.63, 3.8) is 0 Å². The van der Waals surface area contributed by atoms with Crippen molar-refractivity contribution in [2.24, 2.45) is 0 Å². The van der Waals surface area contributed by atoms with Crippen LogP contribution in [0.25, 0.3) is 102 Å². The highest BCUT2D eigenvalue weighted by Gasteiger charge is 2.21. The van der Waals surface area contributed by atoms with Crippen LogP contribution in [0.3, 0.4) is 0 Å². The molecule has 11 aromatic rings. The van der Waals surface area contributed by atoms with Gasteiger partial charge in [0, 0.05) is 47.9 Å². The lowest BCUT2D eigenvalue weighted by Crippen LogP contribution is -1.96. The number of hydrogen-bond acceptors (Lipinski definition) is 1. The first-order valence-electron chi connectivity index (χ1n) is 15.4. The van der Waals surface area contributed by atoms with E-state index in [9.17, 15) is 0 Å². The zero-order chi connectivity index (χ0) is 29.2. The van der Waals surface area contributed by atoms with Gasteiger partial charge in [-0.05, 0) is 57.3 Å². The third-order valence-electron chi connectivity index (χ3n) is 9.87. The Morgan fingerprint density at radius 1 is 0.444 bits per heavy atom. The smallest absolute Gasteiger partial charge is 0.0653 e. The van der Waals surface area contributed by atoms with Gasteiger partial charge in [-0.25, -0.2) is 0 Å². The molecule has 45 heavy (non-hydrogen) atoms. The molecule has 0 saturated heterocycles. The average molecular weight is 589 g/mol. The minimum absolute atomic E-state index is 1.19. The maximum atomic E-state index is 3.82. The highest BCUT2D eigenvalue weighted by Crippen LogP contribution is 2.48. The predicted octanol–water partition coefficient (Wildman–Crippen LogP) is 12.2. The van der Waals surface area contributed by atoms with Crippen LogP contribution in [0.5, 0.6) is 0 Å². The van der Waals surface area contributed by atoms with E-state index in [0.717, 1.165) is 0 Å². The van der Waals surface area contributed by atoms with Crippen molar-refractivity contribution in [1.82, 2.24) is 9.55 Å². The molecule has 0 amide bonds. The number of benzene rings is 8. The normalized spacial score (nSPS) is 12.4. The third kappa shape index (κ3) is 3.03. The summed E-state index contributed by atoms with van der Waals surface area (Å²) >= 11 is 1.91. The van der Waals surface area contributed by atoms with Gasteiger partial charge in [-0.3, -0.25) is 0 Å². The van der Waals surface area contributed by atoms with Crippen LogP contribution in [-0.2, 0) is 0 Å². The molecule has 0 aliphatic rings. The van der Waals surface area contributed by atoms with Gasteiger partial charge in [0.15, 0.2) is 0 Å². The van der Waals surface area contributed by atoms with Gasteiger partial charge in [-0.15, -0.1) is 11.3 Å². The highest BCUT2D eigenvalue weighted by molar-refractivity contribution is 7.27. The second-order valence-electron chi connectivity index (χ2n) is 12.2. The number of fused-ring (bicyclic) bond motifs is 16. The minimum Gasteiger partial charge on any atom is -0.353 e. The maximum absolute atomic E-state index is 3.82. The Bertz CT molecular complexity index is 3040. The summed E-state index contributed by atoms with van der Waals surface area (Å²) in [6.45, 7) is 0. The van der Waals surface area contributed by atoms with Gasteiger partial charge < -0.3 is 9.55 Å². The largest absolute Gasteiger partial charge is 0.353 e. The first-order valence-corrected chi connectivity index (χ1v) is 16.3. The quantitative estimate of drug-likeness (QED) is 0.184. The van der Waals surface area contributed by atoms with Gasteiger partial charge >= 0.3 is 0 Å². The van der Waals surface area contributed by atoms with Crippen LogP contribution in [0.1, 0.15) is 0 Å². The molecule has 3 aromatic heterocycles. The molecule has 3 heteroatoms. The van der Waals surface area contributed by atoms with E-state index in [1.165, 1.54) is 102 Å². The van der Waals surface area contributed by atoms with E-state index in [2.05, 4.69) is 149 Å². The molecule has 3 heterocycles. The molecule has 0 unspecified atom stereocenters. The number of hydrogen-bond donors (Lipinski definition) is 1. The van der Waals surface area contributed by atoms with Crippen LogP contribution in [0.15, 0.2) is 140 Å². The summed E-state index contributed by atoms with van der Waals surface area (Å²) in [6, 6.07) is 51.4. The van der Waals surface area contributed by atoms with E-state index in [0.29, 0.717) is 0 Å². The number of H-pyrrole nitrogens is 1. The number of rotatable bonds is 1. The fourth-order valence-electron chi connectivity index (χ4n) is 7.99. The van der Waals surface area contributed by atoms with Crippen molar-refractivity contribution in [3.8, 4) is 5.69 Å². The van der Waals surface area contributed by atoms with Crippen molar-refractivity contribution in [2.75, 3.05) is 0 Å². The lowest BCUT2D eigenvalue weighted by molar-refractivity contribution is 1.20. The van der Waals surface area contributed by atoms with E-state index in [4.69, 9.17) is 0 Å². The molecule has 0 aliphatic carbocycles. The number of para-hydroxylation sites is 2. The van der Waals surface area contributed by atoms with E-state index < -0.39 is 0 Å². The van der Waals surface area contributed by atoms with E-state index in [-0.39, 0.29) is 0 Å². The monoisotopic (exact) mass is 588 g/mol. The van der Waals surface area contributed by atoms with Crippen LogP contribution in [0.2, 0.25) is 0 Å². The van der Waals surface area contributed by atoms with Crippen molar-refractivity contribution < 1.29 is 0 Å². The highest BCUT2D eigenvalue weighted by atomic mass is 32.1. The minimum atomic E-state index is 1.19. The van der Waals surface area contributed by atoms with Crippen LogP contribution in [-0.4, -0.2) is 9.55 Å². The Kier molecular flexibility index (Phi) is 4.49. The molecule has 0 fully saturated rings. The molecule has 2 nitrogen and oxygen atoms in total. The van der Waals surface area contributed by atoms with Crippen molar-refractivity contribution in [3.05, 3.63) is 140 Å². The predicted molar refractivity (Wildman–Crippen MR) is 196 cm³/mol. The maximum Gasteiger partial charge on any atom is 0.0653 e. The molecule has 0 spiro atoms. The zero-order valence-corrected chi connectivity index (χ0v) is 25.0. The Morgan fingerprint density at radius 3 is 1.93 bits per heavy atom. The molecule has 1 N–H and O–H groups in total. The van der Waals surface area contributed by atoms with E-state index in [1.54, 1.807) is 0 Å². The van der Waals surface area contributed by atoms with Crippen molar-refractivity contribution in [1.29, 1.82) is 0 Å². The van der Waals surface area contributed by atoms with Crippen LogP contribution < -0.4 is 0 Å². The molecule has 208 valence electrons. The number of nitrogens with one attached hydrogen (secondary N) is 1. The number of aromatic amines is 1. The van der Waals surface area contributed by atoms with Crippen LogP contribution >= 0.6 is 11.3 Å². The van der Waals surface area contributed by atoms with E-state index in [1.807, 2.05) is 11.3 Å². The summed E-state index contributed by atoms with van der Waals surface area (Å²) in [5, 5.41) is 15.6. The third-order valence-corrected chi connectivity index (χ3v) is 11.0. The van der Waals surface area contributed by atoms with Gasteiger partial charge in [-0.1, -0.05) is 109 Å². The van der Waals surface area contributed by atoms with E-state index >= 15 is 0 Å². The second kappa shape index (κ2) is 8.50. The number of aromatic nitrogens is 2. The molecule has 8 aromatic carbocycles. The molecule has 0 radical (unpaired) electrons. The Labute approximate surface area is 261 Å². The van der Waals surface area contributed by atoms with Crippen LogP contribution in [0.4, 0.5) is 0 Å². The molecular formula is C42H24N2S. The molecule has 0 saturated carbocycles. The molecule has 0 bridgehead atoms. The standard InChI is InChI=1S/C42H24N2S/c1-2-12-25-24(11-1)21-36(27-14-4-3-13-26(25)27)44-35-20-10-8-15-28(35)32-22-33-38(23-37(32)44)45-42-40(33)30-17-6-5-16-29(30)39-31-18-7-9-19-34(31)43-41(39)42/h1-23,43H. The molecule has 11 rings (SSSR count). The van der Waals surface area contributed by atoms with Gasteiger partial charge in [0.05, 0.1) is 26.9 Å². The Balaban J connectivity index is 1.34. The van der Waals surface area contributed by atoms with Gasteiger partial charge in [-0.2, -0.15) is 0 Å². The summed E-state index contributed by atoms with van der Waals surface area (Å²) in [5.41, 5.74) is 6.13. The Morgan fingerprint density at radius 2 is 1.09 bits per heavy atom. The number of nitrogens with zero attached hydrogens (tertiary/aromatic N) is 1. The molecular weight excluding hydrogens is 565 g/mol. The Hall–Kier alpha value is -5.64. The molecule has 0 aliphatic heterocycles. The fourth-order valence-corrected chi connectivity index (χ4v) is 9.23. The summed E-state index contributed by atoms with van der Waals surface area (Å²) < 4.78 is 5.14. The van der Waals surface area contributed by atoms with Crippen molar-refractivity contribution >= 4 is 107 Å². The lowest BCUT2D eigenvalue weighted by Gasteiger charge is -2.14. The number of thiophene rings is 1. The molecule has 0 atom stereocenters. The first-order chi connectivity index (χ1) is 22.3.